The SMILES string of the molecule is COC(=O)[C@@H](C)Oc1c(Br)cc(C=NN2C(=O)[C@@H]3[C@H](C2=O)[C@H]2C=C[C@H]3C2)cc1[N+](=O)[O-]. The van der Waals surface area contributed by atoms with Gasteiger partial charge in [-0.25, -0.2) is 4.79 Å². The van der Waals surface area contributed by atoms with Gasteiger partial charge in [0, 0.05) is 11.6 Å². The number of hydrazone groups is 1. The molecule has 10 nitrogen and oxygen atoms in total. The topological polar surface area (TPSA) is 128 Å². The van der Waals surface area contributed by atoms with E-state index in [0.29, 0.717) is 0 Å². The van der Waals surface area contributed by atoms with Crippen LogP contribution in [0.1, 0.15) is 18.9 Å². The Labute approximate surface area is 185 Å². The van der Waals surface area contributed by atoms with Crippen LogP contribution in [0.5, 0.6) is 5.75 Å². The van der Waals surface area contributed by atoms with Crippen molar-refractivity contribution in [1.82, 2.24) is 5.01 Å². The Morgan fingerprint density at radius 3 is 2.45 bits per heavy atom. The maximum absolute atomic E-state index is 12.7. The standard InChI is InChI=1S/C20H18BrN3O7/c1-9(20(27)30-2)31-17-13(21)5-10(6-14(17)24(28)29)8-22-23-18(25)15-11-3-4-12(7-11)16(15)19(23)26/h3-6,8-9,11-12,15-16H,7H2,1-2H3/t9-,11+,12+,15-,16+/m1/s1. The number of allylic oxidation sites excluding steroid dienone is 2. The molecule has 2 amide bonds. The third-order valence-corrected chi connectivity index (χ3v) is 6.43. The number of carbonyl (C=O) groups is 3. The molecule has 4 rings (SSSR count). The zero-order valence-corrected chi connectivity index (χ0v) is 18.1. The number of amides is 2. The predicted molar refractivity (Wildman–Crippen MR) is 110 cm³/mol. The van der Waals surface area contributed by atoms with Crippen LogP contribution in [0.3, 0.4) is 0 Å². The lowest BCUT2D eigenvalue weighted by molar-refractivity contribution is -0.386. The molecule has 0 N–H and O–H groups in total. The lowest BCUT2D eigenvalue weighted by Crippen LogP contribution is -2.28. The number of fused-ring (bicyclic) bond motifs is 5. The van der Waals surface area contributed by atoms with Crippen LogP contribution in [-0.4, -0.2) is 47.1 Å². The molecular weight excluding hydrogens is 474 g/mol. The van der Waals surface area contributed by atoms with E-state index in [2.05, 4.69) is 25.8 Å². The minimum atomic E-state index is -1.07. The number of esters is 1. The summed E-state index contributed by atoms with van der Waals surface area (Å²) in [6.45, 7) is 1.40. The summed E-state index contributed by atoms with van der Waals surface area (Å²) in [4.78, 5) is 47.9. The highest BCUT2D eigenvalue weighted by molar-refractivity contribution is 9.10. The first-order valence-corrected chi connectivity index (χ1v) is 10.3. The van der Waals surface area contributed by atoms with Gasteiger partial charge in [0.25, 0.3) is 11.8 Å². The van der Waals surface area contributed by atoms with E-state index >= 15 is 0 Å². The Morgan fingerprint density at radius 2 is 1.90 bits per heavy atom. The lowest BCUT2D eigenvalue weighted by Gasteiger charge is -2.14. The number of imide groups is 1. The summed E-state index contributed by atoms with van der Waals surface area (Å²) >= 11 is 3.21. The third kappa shape index (κ3) is 3.52. The fourth-order valence-electron chi connectivity index (χ4n) is 4.44. The normalized spacial score (nSPS) is 27.1. The fraction of sp³-hybridized carbons (Fsp3) is 0.400. The van der Waals surface area contributed by atoms with Crippen LogP contribution in [0, 0.1) is 33.8 Å². The summed E-state index contributed by atoms with van der Waals surface area (Å²) in [5.74, 6) is -2.15. The number of carbonyl (C=O) groups excluding carboxylic acids is 3. The second kappa shape index (κ2) is 7.88. The van der Waals surface area contributed by atoms with Gasteiger partial charge in [-0.1, -0.05) is 12.2 Å². The van der Waals surface area contributed by atoms with Gasteiger partial charge in [0.15, 0.2) is 6.10 Å². The number of benzene rings is 1. The Balaban J connectivity index is 1.59. The number of ether oxygens (including phenoxy) is 2. The maximum atomic E-state index is 12.7. The van der Waals surface area contributed by atoms with Crippen LogP contribution < -0.4 is 4.74 Å². The number of hydrogen-bond acceptors (Lipinski definition) is 8. The third-order valence-electron chi connectivity index (χ3n) is 5.84. The number of nitro groups is 1. The van der Waals surface area contributed by atoms with Gasteiger partial charge < -0.3 is 9.47 Å². The molecule has 1 saturated carbocycles. The highest BCUT2D eigenvalue weighted by Gasteiger charge is 2.59. The second-order valence-corrected chi connectivity index (χ2v) is 8.48. The Kier molecular flexibility index (Phi) is 5.38. The van der Waals surface area contributed by atoms with E-state index in [1.807, 2.05) is 12.2 Å². The van der Waals surface area contributed by atoms with E-state index in [1.54, 1.807) is 0 Å². The van der Waals surface area contributed by atoms with Gasteiger partial charge in [0.05, 0.1) is 34.6 Å². The summed E-state index contributed by atoms with van der Waals surface area (Å²) in [7, 11) is 1.18. The smallest absolute Gasteiger partial charge is 0.346 e. The zero-order chi connectivity index (χ0) is 22.4. The van der Waals surface area contributed by atoms with Gasteiger partial charge in [-0.2, -0.15) is 10.1 Å². The van der Waals surface area contributed by atoms with E-state index < -0.39 is 22.7 Å². The molecule has 1 aliphatic heterocycles. The molecule has 1 aromatic carbocycles. The number of halogens is 1. The molecule has 2 aliphatic carbocycles. The van der Waals surface area contributed by atoms with Crippen molar-refractivity contribution in [3.8, 4) is 5.75 Å². The molecule has 0 unspecified atom stereocenters. The van der Waals surface area contributed by atoms with Gasteiger partial charge in [-0.3, -0.25) is 19.7 Å². The number of nitro benzene ring substituents is 1. The van der Waals surface area contributed by atoms with Crippen LogP contribution in [0.2, 0.25) is 0 Å². The van der Waals surface area contributed by atoms with Crippen LogP contribution >= 0.6 is 15.9 Å². The number of nitrogens with zero attached hydrogens (tertiary/aromatic N) is 3. The van der Waals surface area contributed by atoms with Crippen molar-refractivity contribution in [2.75, 3.05) is 7.11 Å². The lowest BCUT2D eigenvalue weighted by atomic mass is 9.85. The molecule has 1 heterocycles. The van der Waals surface area contributed by atoms with Crippen molar-refractivity contribution in [2.24, 2.45) is 28.8 Å². The van der Waals surface area contributed by atoms with E-state index in [-0.39, 0.29) is 51.3 Å². The van der Waals surface area contributed by atoms with Crippen LogP contribution in [-0.2, 0) is 19.1 Å². The molecule has 162 valence electrons. The van der Waals surface area contributed by atoms with Crippen molar-refractivity contribution in [3.63, 3.8) is 0 Å². The van der Waals surface area contributed by atoms with Crippen LogP contribution in [0.15, 0.2) is 33.9 Å². The molecule has 3 aliphatic rings. The van der Waals surface area contributed by atoms with Crippen LogP contribution in [0.25, 0.3) is 0 Å². The summed E-state index contributed by atoms with van der Waals surface area (Å²) in [5, 5.41) is 16.4. The predicted octanol–water partition coefficient (Wildman–Crippen LogP) is 2.44. The Bertz CT molecular complexity index is 1020. The summed E-state index contributed by atoms with van der Waals surface area (Å²) < 4.78 is 10.2. The first-order valence-electron chi connectivity index (χ1n) is 9.55. The number of rotatable bonds is 6. The molecule has 0 spiro atoms. The first-order chi connectivity index (χ1) is 14.7. The molecule has 31 heavy (non-hydrogen) atoms. The minimum Gasteiger partial charge on any atom is -0.471 e. The van der Waals surface area contributed by atoms with Crippen molar-refractivity contribution in [1.29, 1.82) is 0 Å². The summed E-state index contributed by atoms with van der Waals surface area (Å²) in [6, 6.07) is 2.66. The molecule has 11 heteroatoms. The van der Waals surface area contributed by atoms with Crippen molar-refractivity contribution in [3.05, 3.63) is 44.4 Å². The van der Waals surface area contributed by atoms with Crippen molar-refractivity contribution >= 4 is 45.6 Å². The monoisotopic (exact) mass is 491 g/mol. The average Bonchev–Trinajstić information content (AvgIpc) is 3.41. The van der Waals surface area contributed by atoms with Crippen LogP contribution in [0.4, 0.5) is 5.69 Å². The summed E-state index contributed by atoms with van der Waals surface area (Å²) in [5.41, 5.74) is -0.139. The van der Waals surface area contributed by atoms with Gasteiger partial charge in [-0.05, 0) is 47.2 Å². The van der Waals surface area contributed by atoms with E-state index in [1.165, 1.54) is 32.4 Å². The molecule has 1 saturated heterocycles. The molecule has 2 bridgehead atoms. The van der Waals surface area contributed by atoms with Gasteiger partial charge in [-0.15, -0.1) is 0 Å². The maximum Gasteiger partial charge on any atom is 0.346 e. The summed E-state index contributed by atoms with van der Waals surface area (Å²) in [6.07, 6.45) is 4.94. The molecular formula is C20H18BrN3O7. The Morgan fingerprint density at radius 1 is 1.29 bits per heavy atom. The first kappa shape index (κ1) is 21.2. The van der Waals surface area contributed by atoms with Gasteiger partial charge >= 0.3 is 11.7 Å². The Hall–Kier alpha value is -3.08. The quantitative estimate of drug-likeness (QED) is 0.149. The molecule has 2 fully saturated rings. The van der Waals surface area contributed by atoms with Gasteiger partial charge in [0.2, 0.25) is 5.75 Å². The number of methoxy groups -OCH3 is 1. The highest BCUT2D eigenvalue weighted by atomic mass is 79.9. The van der Waals surface area contributed by atoms with E-state index in [9.17, 15) is 24.5 Å². The van der Waals surface area contributed by atoms with Gasteiger partial charge in [0.1, 0.15) is 0 Å². The van der Waals surface area contributed by atoms with E-state index in [4.69, 9.17) is 4.74 Å². The molecule has 0 radical (unpaired) electrons. The minimum absolute atomic E-state index is 0.0649. The van der Waals surface area contributed by atoms with Crippen molar-refractivity contribution < 1.29 is 28.8 Å². The second-order valence-electron chi connectivity index (χ2n) is 7.62. The largest absolute Gasteiger partial charge is 0.471 e. The molecule has 0 aromatic heterocycles. The molecule has 5 atom stereocenters. The zero-order valence-electron chi connectivity index (χ0n) is 16.6. The molecule has 1 aromatic rings. The highest BCUT2D eigenvalue weighted by Crippen LogP contribution is 2.52. The van der Waals surface area contributed by atoms with E-state index in [0.717, 1.165) is 11.4 Å². The average molecular weight is 492 g/mol. The number of hydrogen-bond donors (Lipinski definition) is 0. The van der Waals surface area contributed by atoms with Crippen molar-refractivity contribution in [2.45, 2.75) is 19.4 Å². The fourth-order valence-corrected chi connectivity index (χ4v) is 5.00.